The number of amides is 1. The summed E-state index contributed by atoms with van der Waals surface area (Å²) in [5.41, 5.74) is 6.44. The monoisotopic (exact) mass is 391 g/mol. The van der Waals surface area contributed by atoms with Gasteiger partial charge < -0.3 is 20.1 Å². The predicted octanol–water partition coefficient (Wildman–Crippen LogP) is 2.26. The van der Waals surface area contributed by atoms with Crippen LogP contribution in [0.2, 0.25) is 0 Å². The second-order valence-electron chi connectivity index (χ2n) is 7.76. The van der Waals surface area contributed by atoms with Gasteiger partial charge in [0.15, 0.2) is 0 Å². The zero-order valence-electron chi connectivity index (χ0n) is 17.8. The van der Waals surface area contributed by atoms with Gasteiger partial charge in [-0.3, -0.25) is 9.69 Å². The van der Waals surface area contributed by atoms with E-state index in [0.717, 1.165) is 63.5 Å². The third-order valence-electron chi connectivity index (χ3n) is 5.98. The van der Waals surface area contributed by atoms with E-state index in [0.29, 0.717) is 19.6 Å². The Morgan fingerprint density at radius 3 is 2.25 bits per heavy atom. The minimum Gasteiger partial charge on any atom is -0.491 e. The highest BCUT2D eigenvalue weighted by molar-refractivity contribution is 5.75. The van der Waals surface area contributed by atoms with Crippen LogP contribution in [-0.4, -0.2) is 75.3 Å². The molecule has 2 rings (SSSR count). The smallest absolute Gasteiger partial charge is 0.218 e. The van der Waals surface area contributed by atoms with Gasteiger partial charge in [-0.2, -0.15) is 0 Å². The van der Waals surface area contributed by atoms with Crippen molar-refractivity contribution in [1.82, 2.24) is 9.80 Å². The molecule has 158 valence electrons. The number of benzene rings is 1. The van der Waals surface area contributed by atoms with Crippen molar-refractivity contribution < 1.29 is 14.3 Å². The minimum absolute atomic E-state index is 0.184. The molecule has 1 aromatic rings. The number of carbonyl (C=O) groups excluding carboxylic acids is 1. The molecule has 0 atom stereocenters. The summed E-state index contributed by atoms with van der Waals surface area (Å²) in [7, 11) is 2.17. The summed E-state index contributed by atoms with van der Waals surface area (Å²) in [5.74, 6) is 0.573. The van der Waals surface area contributed by atoms with E-state index in [1.54, 1.807) is 0 Å². The van der Waals surface area contributed by atoms with E-state index in [1.165, 1.54) is 0 Å². The largest absolute Gasteiger partial charge is 0.491 e. The molecule has 28 heavy (non-hydrogen) atoms. The summed E-state index contributed by atoms with van der Waals surface area (Å²) in [6, 6.07) is 8.06. The molecule has 0 unspecified atom stereocenters. The van der Waals surface area contributed by atoms with Gasteiger partial charge in [0.25, 0.3) is 0 Å². The van der Waals surface area contributed by atoms with Crippen LogP contribution < -0.4 is 10.5 Å². The van der Waals surface area contributed by atoms with E-state index in [4.69, 9.17) is 15.2 Å². The third-order valence-corrected chi connectivity index (χ3v) is 5.98. The number of rotatable bonds is 12. The van der Waals surface area contributed by atoms with Gasteiger partial charge in [0.2, 0.25) is 5.91 Å². The lowest BCUT2D eigenvalue weighted by Crippen LogP contribution is -2.45. The fourth-order valence-corrected chi connectivity index (χ4v) is 3.83. The van der Waals surface area contributed by atoms with Crippen molar-refractivity contribution in [3.05, 3.63) is 29.8 Å². The number of primary amides is 1. The number of ether oxygens (including phenoxy) is 2. The van der Waals surface area contributed by atoms with Gasteiger partial charge in [-0.05, 0) is 37.6 Å². The number of carbonyl (C=O) groups is 1. The van der Waals surface area contributed by atoms with Gasteiger partial charge in [-0.15, -0.1) is 0 Å². The van der Waals surface area contributed by atoms with Gasteiger partial charge in [-0.1, -0.05) is 26.0 Å². The van der Waals surface area contributed by atoms with Crippen molar-refractivity contribution in [2.75, 3.05) is 59.6 Å². The predicted molar refractivity (Wildman–Crippen MR) is 113 cm³/mol. The molecule has 1 aliphatic heterocycles. The van der Waals surface area contributed by atoms with Gasteiger partial charge >= 0.3 is 0 Å². The molecule has 2 N–H and O–H groups in total. The quantitative estimate of drug-likeness (QED) is 0.554. The summed E-state index contributed by atoms with van der Waals surface area (Å²) >= 11 is 0. The highest BCUT2D eigenvalue weighted by Gasteiger charge is 2.30. The van der Waals surface area contributed by atoms with E-state index in [2.05, 4.69) is 42.8 Å². The molecule has 0 aliphatic carbocycles. The lowest BCUT2D eigenvalue weighted by Gasteiger charge is -2.32. The van der Waals surface area contributed by atoms with Crippen LogP contribution in [-0.2, 0) is 14.9 Å². The van der Waals surface area contributed by atoms with Crippen LogP contribution in [0.15, 0.2) is 24.3 Å². The molecule has 1 saturated heterocycles. The molecule has 6 nitrogen and oxygen atoms in total. The maximum absolute atomic E-state index is 11.5. The molecule has 0 aromatic heterocycles. The number of hydrogen-bond donors (Lipinski definition) is 1. The molecule has 0 spiro atoms. The third kappa shape index (κ3) is 6.76. The number of likely N-dealkylation sites (N-methyl/N-ethyl adjacent to an activating group) is 1. The van der Waals surface area contributed by atoms with E-state index < -0.39 is 0 Å². The van der Waals surface area contributed by atoms with Gasteiger partial charge in [0.05, 0.1) is 13.2 Å². The standard InChI is InChI=1S/C22H37N3O3/c1-4-22(5-2,18-21(23)26)19-6-8-20(9-7-19)28-17-16-27-15-14-25-12-10-24(3)11-13-25/h6-9H,4-5,10-18H2,1-3H3,(H2,23,26). The Balaban J connectivity index is 1.70. The minimum atomic E-state index is -0.252. The maximum atomic E-state index is 11.5. The van der Waals surface area contributed by atoms with Crippen LogP contribution in [0.25, 0.3) is 0 Å². The highest BCUT2D eigenvalue weighted by Crippen LogP contribution is 2.35. The lowest BCUT2D eigenvalue weighted by molar-refractivity contribution is -0.119. The first-order chi connectivity index (χ1) is 13.5. The molecule has 0 radical (unpaired) electrons. The zero-order valence-corrected chi connectivity index (χ0v) is 17.8. The SMILES string of the molecule is CCC(CC)(CC(N)=O)c1ccc(OCCOCCN2CCN(C)CC2)cc1. The molecule has 1 aromatic carbocycles. The van der Waals surface area contributed by atoms with Crippen LogP contribution in [0, 0.1) is 0 Å². The van der Waals surface area contributed by atoms with Gasteiger partial charge in [0, 0.05) is 44.6 Å². The molecule has 1 heterocycles. The first-order valence-electron chi connectivity index (χ1n) is 10.5. The van der Waals surface area contributed by atoms with Crippen LogP contribution in [0.4, 0.5) is 0 Å². The van der Waals surface area contributed by atoms with Gasteiger partial charge in [0.1, 0.15) is 12.4 Å². The second kappa shape index (κ2) is 11.4. The van der Waals surface area contributed by atoms with Gasteiger partial charge in [-0.25, -0.2) is 0 Å². The highest BCUT2D eigenvalue weighted by atomic mass is 16.5. The number of nitrogens with zero attached hydrogens (tertiary/aromatic N) is 2. The first kappa shape index (κ1) is 22.7. The molecule has 1 aliphatic rings. The van der Waals surface area contributed by atoms with E-state index in [-0.39, 0.29) is 11.3 Å². The Bertz CT molecular complexity index is 579. The van der Waals surface area contributed by atoms with Crippen molar-refractivity contribution in [3.8, 4) is 5.75 Å². The van der Waals surface area contributed by atoms with E-state index in [1.807, 2.05) is 12.1 Å². The zero-order chi connectivity index (χ0) is 20.4. The maximum Gasteiger partial charge on any atom is 0.218 e. The Morgan fingerprint density at radius 1 is 1.04 bits per heavy atom. The van der Waals surface area contributed by atoms with Crippen molar-refractivity contribution in [1.29, 1.82) is 0 Å². The number of hydrogen-bond acceptors (Lipinski definition) is 5. The summed E-state index contributed by atoms with van der Waals surface area (Å²) in [4.78, 5) is 16.3. The Kier molecular flexibility index (Phi) is 9.22. The molecule has 1 amide bonds. The fraction of sp³-hybridized carbons (Fsp3) is 0.682. The summed E-state index contributed by atoms with van der Waals surface area (Å²) in [6.45, 7) is 11.6. The molecule has 0 bridgehead atoms. The number of piperazine rings is 1. The van der Waals surface area contributed by atoms with Crippen molar-refractivity contribution in [2.24, 2.45) is 5.73 Å². The number of nitrogens with two attached hydrogens (primary N) is 1. The molecular weight excluding hydrogens is 354 g/mol. The van der Waals surface area contributed by atoms with E-state index >= 15 is 0 Å². The average molecular weight is 392 g/mol. The molecular formula is C22H37N3O3. The molecule has 1 fully saturated rings. The summed E-state index contributed by atoms with van der Waals surface area (Å²) < 4.78 is 11.5. The first-order valence-corrected chi connectivity index (χ1v) is 10.5. The molecule has 0 saturated carbocycles. The summed E-state index contributed by atoms with van der Waals surface area (Å²) in [6.07, 6.45) is 2.14. The second-order valence-corrected chi connectivity index (χ2v) is 7.76. The molecule has 6 heteroatoms. The van der Waals surface area contributed by atoms with Crippen molar-refractivity contribution in [2.45, 2.75) is 38.5 Å². The fourth-order valence-electron chi connectivity index (χ4n) is 3.83. The van der Waals surface area contributed by atoms with Crippen LogP contribution in [0.1, 0.15) is 38.7 Å². The summed E-state index contributed by atoms with van der Waals surface area (Å²) in [5, 5.41) is 0. The Morgan fingerprint density at radius 2 is 1.68 bits per heavy atom. The van der Waals surface area contributed by atoms with E-state index in [9.17, 15) is 4.79 Å². The van der Waals surface area contributed by atoms with Crippen LogP contribution in [0.5, 0.6) is 5.75 Å². The Hall–Kier alpha value is -1.63. The van der Waals surface area contributed by atoms with Crippen LogP contribution in [0.3, 0.4) is 0 Å². The lowest BCUT2D eigenvalue weighted by atomic mass is 9.73. The van der Waals surface area contributed by atoms with Crippen LogP contribution >= 0.6 is 0 Å². The normalized spacial score (nSPS) is 16.2. The Labute approximate surface area is 170 Å². The van der Waals surface area contributed by atoms with Crippen molar-refractivity contribution >= 4 is 5.91 Å². The average Bonchev–Trinajstić information content (AvgIpc) is 2.70. The topological polar surface area (TPSA) is 68.0 Å². The van der Waals surface area contributed by atoms with Crippen molar-refractivity contribution in [3.63, 3.8) is 0 Å².